The average molecular weight is 444 g/mol. The predicted molar refractivity (Wildman–Crippen MR) is 119 cm³/mol. The Balaban J connectivity index is 1.45. The molecule has 1 aromatic heterocycles. The van der Waals surface area contributed by atoms with Crippen LogP contribution in [0.1, 0.15) is 29.7 Å². The van der Waals surface area contributed by atoms with Gasteiger partial charge in [0.2, 0.25) is 5.91 Å². The minimum absolute atomic E-state index is 0.0351. The molecule has 0 atom stereocenters. The molecule has 2 aromatic carbocycles. The van der Waals surface area contributed by atoms with E-state index in [1.54, 1.807) is 12.1 Å². The van der Waals surface area contributed by atoms with Gasteiger partial charge in [0.1, 0.15) is 0 Å². The van der Waals surface area contributed by atoms with Gasteiger partial charge in [-0.05, 0) is 49.6 Å². The average Bonchev–Trinajstić information content (AvgIpc) is 3.10. The Morgan fingerprint density at radius 3 is 2.23 bits per heavy atom. The number of aromatic nitrogens is 2. The molecular weight excluding hydrogens is 421 g/mol. The van der Waals surface area contributed by atoms with Gasteiger partial charge in [0, 0.05) is 40.0 Å². The fraction of sp³-hybridized carbons (Fsp3) is 0.304. The molecule has 3 aromatic rings. The molecule has 0 radical (unpaired) electrons. The molecule has 0 spiro atoms. The third kappa shape index (κ3) is 4.24. The largest absolute Gasteiger partial charge is 0.385 e. The van der Waals surface area contributed by atoms with Gasteiger partial charge in [-0.15, -0.1) is 0 Å². The Hall–Kier alpha value is -2.34. The predicted octanol–water partition coefficient (Wildman–Crippen LogP) is 4.74. The van der Waals surface area contributed by atoms with Crippen LogP contribution in [-0.4, -0.2) is 39.2 Å². The number of hydrogen-bond acceptors (Lipinski definition) is 3. The van der Waals surface area contributed by atoms with Gasteiger partial charge in [0.25, 0.3) is 0 Å². The van der Waals surface area contributed by atoms with Gasteiger partial charge in [-0.3, -0.25) is 9.89 Å². The fourth-order valence-corrected chi connectivity index (χ4v) is 4.21. The van der Waals surface area contributed by atoms with E-state index in [2.05, 4.69) is 10.2 Å². The molecule has 1 saturated heterocycles. The van der Waals surface area contributed by atoms with Gasteiger partial charge >= 0.3 is 0 Å². The summed E-state index contributed by atoms with van der Waals surface area (Å²) in [7, 11) is 0. The van der Waals surface area contributed by atoms with E-state index in [1.165, 1.54) is 0 Å². The third-order valence-corrected chi connectivity index (χ3v) is 6.35. The number of aryl methyl sites for hydroxylation is 1. The lowest BCUT2D eigenvalue weighted by Crippen LogP contribution is -2.45. The number of aliphatic hydroxyl groups is 1. The number of piperidine rings is 1. The van der Waals surface area contributed by atoms with Crippen molar-refractivity contribution in [3.05, 3.63) is 75.4 Å². The molecule has 0 unspecified atom stereocenters. The zero-order valence-electron chi connectivity index (χ0n) is 16.7. The standard InChI is InChI=1S/C23H23Cl2N3O2/c1-15-20(22(27-26-15)16-2-6-18(24)7-3-16)14-21(29)28-12-10-23(30,11-13-28)17-4-8-19(25)9-5-17/h2-9,30H,10-14H2,1H3,(H,26,27). The number of hydrogen-bond donors (Lipinski definition) is 2. The summed E-state index contributed by atoms with van der Waals surface area (Å²) < 4.78 is 0. The van der Waals surface area contributed by atoms with Crippen LogP contribution in [-0.2, 0) is 16.8 Å². The summed E-state index contributed by atoms with van der Waals surface area (Å²) in [6.07, 6.45) is 1.25. The van der Waals surface area contributed by atoms with Gasteiger partial charge in [-0.2, -0.15) is 5.10 Å². The van der Waals surface area contributed by atoms with Crippen molar-refractivity contribution in [2.24, 2.45) is 0 Å². The lowest BCUT2D eigenvalue weighted by Gasteiger charge is -2.38. The van der Waals surface area contributed by atoms with Crippen molar-refractivity contribution in [2.75, 3.05) is 13.1 Å². The summed E-state index contributed by atoms with van der Waals surface area (Å²) in [6, 6.07) is 14.7. The summed E-state index contributed by atoms with van der Waals surface area (Å²) in [4.78, 5) is 14.8. The third-order valence-electron chi connectivity index (χ3n) is 5.84. The molecule has 30 heavy (non-hydrogen) atoms. The molecule has 0 aliphatic carbocycles. The maximum atomic E-state index is 13.0. The van der Waals surface area contributed by atoms with E-state index in [9.17, 15) is 9.90 Å². The molecule has 156 valence electrons. The number of rotatable bonds is 4. The second kappa shape index (κ2) is 8.42. The second-order valence-electron chi connectivity index (χ2n) is 7.78. The minimum Gasteiger partial charge on any atom is -0.385 e. The summed E-state index contributed by atoms with van der Waals surface area (Å²) in [5.41, 5.74) is 3.37. The Kier molecular flexibility index (Phi) is 5.87. The van der Waals surface area contributed by atoms with Crippen molar-refractivity contribution in [3.63, 3.8) is 0 Å². The fourth-order valence-electron chi connectivity index (χ4n) is 3.95. The Morgan fingerprint density at radius 1 is 1.07 bits per heavy atom. The van der Waals surface area contributed by atoms with Crippen molar-refractivity contribution >= 4 is 29.1 Å². The zero-order valence-corrected chi connectivity index (χ0v) is 18.2. The Morgan fingerprint density at radius 2 is 1.63 bits per heavy atom. The van der Waals surface area contributed by atoms with E-state index in [0.29, 0.717) is 36.0 Å². The summed E-state index contributed by atoms with van der Waals surface area (Å²) in [5.74, 6) is 0.0351. The van der Waals surface area contributed by atoms with E-state index in [1.807, 2.05) is 48.2 Å². The van der Waals surface area contributed by atoms with Gasteiger partial charge in [0.05, 0.1) is 17.7 Å². The van der Waals surface area contributed by atoms with Crippen LogP contribution >= 0.6 is 23.2 Å². The number of nitrogens with one attached hydrogen (secondary N) is 1. The molecule has 0 bridgehead atoms. The van der Waals surface area contributed by atoms with Crippen LogP contribution in [0.25, 0.3) is 11.3 Å². The first-order valence-electron chi connectivity index (χ1n) is 9.92. The SMILES string of the molecule is Cc1[nH]nc(-c2ccc(Cl)cc2)c1CC(=O)N1CCC(O)(c2ccc(Cl)cc2)CC1. The molecule has 1 aliphatic rings. The first-order chi connectivity index (χ1) is 14.4. The number of carbonyl (C=O) groups excluding carboxylic acids is 1. The van der Waals surface area contributed by atoms with E-state index in [0.717, 1.165) is 28.1 Å². The maximum Gasteiger partial charge on any atom is 0.227 e. The Bertz CT molecular complexity index is 1040. The van der Waals surface area contributed by atoms with Gasteiger partial charge in [-0.25, -0.2) is 0 Å². The molecule has 5 nitrogen and oxygen atoms in total. The highest BCUT2D eigenvalue weighted by Crippen LogP contribution is 2.34. The molecule has 0 saturated carbocycles. The van der Waals surface area contributed by atoms with Crippen LogP contribution in [0, 0.1) is 6.92 Å². The van der Waals surface area contributed by atoms with E-state index in [4.69, 9.17) is 23.2 Å². The minimum atomic E-state index is -0.929. The molecule has 1 fully saturated rings. The second-order valence-corrected chi connectivity index (χ2v) is 8.65. The van der Waals surface area contributed by atoms with Crippen LogP contribution in [0.15, 0.2) is 48.5 Å². The molecule has 1 aliphatic heterocycles. The monoisotopic (exact) mass is 443 g/mol. The number of carbonyl (C=O) groups is 1. The van der Waals surface area contributed by atoms with Crippen molar-refractivity contribution in [1.82, 2.24) is 15.1 Å². The first kappa shape index (κ1) is 20.9. The number of H-pyrrole nitrogens is 1. The molecule has 2 heterocycles. The molecule has 1 amide bonds. The summed E-state index contributed by atoms with van der Waals surface area (Å²) in [6.45, 7) is 2.93. The van der Waals surface area contributed by atoms with E-state index < -0.39 is 5.60 Å². The number of aromatic amines is 1. The van der Waals surface area contributed by atoms with Crippen LogP contribution in [0.5, 0.6) is 0 Å². The highest BCUT2D eigenvalue weighted by atomic mass is 35.5. The van der Waals surface area contributed by atoms with E-state index >= 15 is 0 Å². The highest BCUT2D eigenvalue weighted by Gasteiger charge is 2.35. The number of benzene rings is 2. The van der Waals surface area contributed by atoms with Gasteiger partial charge in [0.15, 0.2) is 0 Å². The van der Waals surface area contributed by atoms with Crippen molar-refractivity contribution < 1.29 is 9.90 Å². The first-order valence-corrected chi connectivity index (χ1v) is 10.7. The topological polar surface area (TPSA) is 69.2 Å². The zero-order chi connectivity index (χ0) is 21.3. The lowest BCUT2D eigenvalue weighted by atomic mass is 9.84. The normalized spacial score (nSPS) is 15.9. The maximum absolute atomic E-state index is 13.0. The van der Waals surface area contributed by atoms with Crippen molar-refractivity contribution in [3.8, 4) is 11.3 Å². The quantitative estimate of drug-likeness (QED) is 0.611. The number of halogens is 2. The van der Waals surface area contributed by atoms with Gasteiger partial charge < -0.3 is 10.0 Å². The number of amides is 1. The smallest absolute Gasteiger partial charge is 0.227 e. The van der Waals surface area contributed by atoms with Crippen LogP contribution in [0.3, 0.4) is 0 Å². The number of nitrogens with zero attached hydrogens (tertiary/aromatic N) is 2. The van der Waals surface area contributed by atoms with Crippen LogP contribution < -0.4 is 0 Å². The van der Waals surface area contributed by atoms with Crippen molar-refractivity contribution in [1.29, 1.82) is 0 Å². The Labute approximate surface area is 185 Å². The van der Waals surface area contributed by atoms with Crippen molar-refractivity contribution in [2.45, 2.75) is 31.8 Å². The summed E-state index contributed by atoms with van der Waals surface area (Å²) >= 11 is 11.9. The van der Waals surface area contributed by atoms with E-state index in [-0.39, 0.29) is 12.3 Å². The molecule has 4 rings (SSSR count). The van der Waals surface area contributed by atoms with Crippen LogP contribution in [0.2, 0.25) is 10.0 Å². The summed E-state index contributed by atoms with van der Waals surface area (Å²) in [5, 5.41) is 19.7. The van der Waals surface area contributed by atoms with Crippen LogP contribution in [0.4, 0.5) is 0 Å². The highest BCUT2D eigenvalue weighted by molar-refractivity contribution is 6.30. The number of likely N-dealkylation sites (tertiary alicyclic amines) is 1. The molecule has 2 N–H and O–H groups in total. The molecule has 7 heteroatoms. The van der Waals surface area contributed by atoms with Gasteiger partial charge in [-0.1, -0.05) is 47.5 Å². The molecular formula is C23H23Cl2N3O2. The lowest BCUT2D eigenvalue weighted by molar-refractivity contribution is -0.135.